The van der Waals surface area contributed by atoms with E-state index in [2.05, 4.69) is 24.3 Å². The van der Waals surface area contributed by atoms with Crippen molar-refractivity contribution in [1.82, 2.24) is 10.2 Å². The Morgan fingerprint density at radius 2 is 1.90 bits per heavy atom. The van der Waals surface area contributed by atoms with Crippen molar-refractivity contribution in [3.05, 3.63) is 35.9 Å². The highest BCUT2D eigenvalue weighted by molar-refractivity contribution is 5.79. The third kappa shape index (κ3) is 5.72. The topological polar surface area (TPSA) is 58.4 Å². The van der Waals surface area contributed by atoms with Gasteiger partial charge >= 0.3 is 0 Å². The molecule has 20 heavy (non-hydrogen) atoms. The second-order valence-corrected chi connectivity index (χ2v) is 5.53. The SMILES string of the molecule is CC(C(=O)NCCCCN(C)C)C(N)c1ccccc1. The van der Waals surface area contributed by atoms with E-state index in [0.717, 1.165) is 31.5 Å². The molecule has 0 spiro atoms. The van der Waals surface area contributed by atoms with Crippen molar-refractivity contribution in [1.29, 1.82) is 0 Å². The lowest BCUT2D eigenvalue weighted by Gasteiger charge is -2.20. The Kier molecular flexibility index (Phi) is 7.26. The van der Waals surface area contributed by atoms with Crippen LogP contribution in [0.15, 0.2) is 30.3 Å². The first-order valence-corrected chi connectivity index (χ1v) is 7.25. The number of nitrogens with zero attached hydrogens (tertiary/aromatic N) is 1. The first kappa shape index (κ1) is 16.7. The van der Waals surface area contributed by atoms with Crippen molar-refractivity contribution in [2.24, 2.45) is 11.7 Å². The van der Waals surface area contributed by atoms with Gasteiger partial charge in [0.1, 0.15) is 0 Å². The van der Waals surface area contributed by atoms with E-state index < -0.39 is 0 Å². The highest BCUT2D eigenvalue weighted by Gasteiger charge is 2.21. The number of unbranched alkanes of at least 4 members (excludes halogenated alkanes) is 1. The summed E-state index contributed by atoms with van der Waals surface area (Å²) in [4.78, 5) is 14.2. The lowest BCUT2D eigenvalue weighted by molar-refractivity contribution is -0.125. The number of hydrogen-bond donors (Lipinski definition) is 2. The minimum absolute atomic E-state index is 0.0335. The second kappa shape index (κ2) is 8.72. The molecule has 1 aromatic rings. The highest BCUT2D eigenvalue weighted by atomic mass is 16.1. The number of nitrogens with one attached hydrogen (secondary N) is 1. The number of rotatable bonds is 8. The predicted octanol–water partition coefficient (Wildman–Crippen LogP) is 1.78. The number of nitrogens with two attached hydrogens (primary N) is 1. The summed E-state index contributed by atoms with van der Waals surface area (Å²) in [6.07, 6.45) is 2.09. The summed E-state index contributed by atoms with van der Waals surface area (Å²) in [6, 6.07) is 9.52. The highest BCUT2D eigenvalue weighted by Crippen LogP contribution is 2.18. The van der Waals surface area contributed by atoms with Crippen LogP contribution in [0, 0.1) is 5.92 Å². The van der Waals surface area contributed by atoms with Crippen LogP contribution in [-0.2, 0) is 4.79 Å². The van der Waals surface area contributed by atoms with E-state index in [4.69, 9.17) is 5.73 Å². The molecule has 112 valence electrons. The monoisotopic (exact) mass is 277 g/mol. The fraction of sp³-hybridized carbons (Fsp3) is 0.562. The van der Waals surface area contributed by atoms with Crippen molar-refractivity contribution in [3.8, 4) is 0 Å². The molecular weight excluding hydrogens is 250 g/mol. The fourth-order valence-electron chi connectivity index (χ4n) is 2.05. The lowest BCUT2D eigenvalue weighted by Crippen LogP contribution is -2.36. The van der Waals surface area contributed by atoms with Crippen LogP contribution in [0.3, 0.4) is 0 Å². The van der Waals surface area contributed by atoms with Crippen molar-refractivity contribution in [2.45, 2.75) is 25.8 Å². The largest absolute Gasteiger partial charge is 0.356 e. The van der Waals surface area contributed by atoms with Crippen LogP contribution in [0.5, 0.6) is 0 Å². The molecule has 3 N–H and O–H groups in total. The van der Waals surface area contributed by atoms with E-state index in [-0.39, 0.29) is 17.9 Å². The van der Waals surface area contributed by atoms with Gasteiger partial charge in [-0.2, -0.15) is 0 Å². The zero-order valence-electron chi connectivity index (χ0n) is 12.8. The Bertz CT molecular complexity index is 392. The molecule has 0 aliphatic heterocycles. The molecule has 0 heterocycles. The number of amides is 1. The normalized spacial score (nSPS) is 14.1. The molecule has 1 rings (SSSR count). The van der Waals surface area contributed by atoms with Gasteiger partial charge in [0.15, 0.2) is 0 Å². The van der Waals surface area contributed by atoms with Gasteiger partial charge in [0.25, 0.3) is 0 Å². The number of benzene rings is 1. The van der Waals surface area contributed by atoms with E-state index in [1.54, 1.807) is 0 Å². The van der Waals surface area contributed by atoms with E-state index in [9.17, 15) is 4.79 Å². The van der Waals surface area contributed by atoms with E-state index in [1.807, 2.05) is 37.3 Å². The van der Waals surface area contributed by atoms with Gasteiger partial charge in [-0.3, -0.25) is 4.79 Å². The van der Waals surface area contributed by atoms with Crippen LogP contribution in [-0.4, -0.2) is 38.0 Å². The minimum atomic E-state index is -0.252. The molecule has 1 amide bonds. The maximum absolute atomic E-state index is 12.1. The summed E-state index contributed by atoms with van der Waals surface area (Å²) in [5.74, 6) is -0.183. The molecule has 4 heteroatoms. The molecule has 0 aromatic heterocycles. The van der Waals surface area contributed by atoms with E-state index in [1.165, 1.54) is 0 Å². The standard InChI is InChI=1S/C16H27N3O/c1-13(15(17)14-9-5-4-6-10-14)16(20)18-11-7-8-12-19(2)3/h4-6,9-10,13,15H,7-8,11-12,17H2,1-3H3,(H,18,20). The zero-order valence-corrected chi connectivity index (χ0v) is 12.8. The first-order chi connectivity index (χ1) is 9.52. The van der Waals surface area contributed by atoms with Gasteiger partial charge in [0, 0.05) is 12.6 Å². The number of carbonyl (C=O) groups is 1. The van der Waals surface area contributed by atoms with Gasteiger partial charge in [-0.1, -0.05) is 37.3 Å². The first-order valence-electron chi connectivity index (χ1n) is 7.25. The molecule has 1 aromatic carbocycles. The summed E-state index contributed by atoms with van der Waals surface area (Å²) in [6.45, 7) is 3.65. The Labute approximate surface area is 122 Å². The van der Waals surface area contributed by atoms with Crippen molar-refractivity contribution >= 4 is 5.91 Å². The summed E-state index contributed by atoms with van der Waals surface area (Å²) in [5, 5.41) is 2.97. The van der Waals surface area contributed by atoms with Gasteiger partial charge in [0.05, 0.1) is 5.92 Å². The summed E-state index contributed by atoms with van der Waals surface area (Å²) in [7, 11) is 4.11. The lowest BCUT2D eigenvalue weighted by atomic mass is 9.94. The molecule has 0 fully saturated rings. The number of hydrogen-bond acceptors (Lipinski definition) is 3. The van der Waals surface area contributed by atoms with Crippen LogP contribution in [0.25, 0.3) is 0 Å². The Morgan fingerprint density at radius 1 is 1.25 bits per heavy atom. The van der Waals surface area contributed by atoms with Gasteiger partial charge in [-0.05, 0) is 39.0 Å². The average Bonchev–Trinajstić information content (AvgIpc) is 2.45. The molecular formula is C16H27N3O. The maximum Gasteiger partial charge on any atom is 0.224 e. The third-order valence-corrected chi connectivity index (χ3v) is 3.47. The van der Waals surface area contributed by atoms with Crippen LogP contribution in [0.2, 0.25) is 0 Å². The quantitative estimate of drug-likeness (QED) is 0.712. The molecule has 0 saturated carbocycles. The van der Waals surface area contributed by atoms with Gasteiger partial charge in [-0.15, -0.1) is 0 Å². The van der Waals surface area contributed by atoms with Crippen molar-refractivity contribution in [3.63, 3.8) is 0 Å². The van der Waals surface area contributed by atoms with E-state index in [0.29, 0.717) is 0 Å². The van der Waals surface area contributed by atoms with Crippen LogP contribution in [0.4, 0.5) is 0 Å². The fourth-order valence-corrected chi connectivity index (χ4v) is 2.05. The summed E-state index contributed by atoms with van der Waals surface area (Å²) in [5.41, 5.74) is 7.14. The molecule has 2 atom stereocenters. The van der Waals surface area contributed by atoms with Gasteiger partial charge in [0.2, 0.25) is 5.91 Å². The Hall–Kier alpha value is -1.39. The molecule has 0 aliphatic carbocycles. The third-order valence-electron chi connectivity index (χ3n) is 3.47. The maximum atomic E-state index is 12.1. The van der Waals surface area contributed by atoms with Crippen molar-refractivity contribution < 1.29 is 4.79 Å². The average molecular weight is 277 g/mol. The smallest absolute Gasteiger partial charge is 0.224 e. The minimum Gasteiger partial charge on any atom is -0.356 e. The van der Waals surface area contributed by atoms with E-state index >= 15 is 0 Å². The van der Waals surface area contributed by atoms with Crippen LogP contribution in [0.1, 0.15) is 31.4 Å². The summed E-state index contributed by atoms with van der Waals surface area (Å²) < 4.78 is 0. The molecule has 0 aliphatic rings. The molecule has 0 saturated heterocycles. The summed E-state index contributed by atoms with van der Waals surface area (Å²) >= 11 is 0. The molecule has 0 bridgehead atoms. The molecule has 0 radical (unpaired) electrons. The van der Waals surface area contributed by atoms with Crippen LogP contribution >= 0.6 is 0 Å². The zero-order chi connectivity index (χ0) is 15.0. The second-order valence-electron chi connectivity index (χ2n) is 5.53. The Balaban J connectivity index is 2.32. The predicted molar refractivity (Wildman–Crippen MR) is 83.3 cm³/mol. The molecule has 4 nitrogen and oxygen atoms in total. The Morgan fingerprint density at radius 3 is 2.50 bits per heavy atom. The van der Waals surface area contributed by atoms with Gasteiger partial charge < -0.3 is 16.0 Å². The van der Waals surface area contributed by atoms with Crippen molar-refractivity contribution in [2.75, 3.05) is 27.2 Å². The van der Waals surface area contributed by atoms with Crippen LogP contribution < -0.4 is 11.1 Å². The van der Waals surface area contributed by atoms with Gasteiger partial charge in [-0.25, -0.2) is 0 Å². The molecule has 2 unspecified atom stereocenters. The number of carbonyl (C=O) groups excluding carboxylic acids is 1.